The Balaban J connectivity index is 2.77. The summed E-state index contributed by atoms with van der Waals surface area (Å²) in [4.78, 5) is 32.5. The number of rotatable bonds is 8. The molecule has 0 aliphatic carbocycles. The van der Waals surface area contributed by atoms with E-state index in [1.807, 2.05) is 0 Å². The van der Waals surface area contributed by atoms with Crippen LogP contribution in [0.1, 0.15) is 27.2 Å². The Bertz CT molecular complexity index is 817. The van der Waals surface area contributed by atoms with Gasteiger partial charge >= 0.3 is 12.1 Å². The van der Waals surface area contributed by atoms with Crippen LogP contribution in [0.2, 0.25) is 0 Å². The molecule has 0 radical (unpaired) electrons. The monoisotopic (exact) mass is 403 g/mol. The van der Waals surface area contributed by atoms with E-state index in [4.69, 9.17) is 9.84 Å². The second-order valence-corrected chi connectivity index (χ2v) is 8.18. The lowest BCUT2D eigenvalue weighted by Crippen LogP contribution is -2.45. The zero-order chi connectivity index (χ0) is 20.8. The van der Waals surface area contributed by atoms with E-state index in [9.17, 15) is 28.1 Å². The van der Waals surface area contributed by atoms with E-state index in [0.717, 1.165) is 12.1 Å². The van der Waals surface area contributed by atoms with Crippen LogP contribution in [-0.2, 0) is 19.6 Å². The number of hydrogen-bond donors (Lipinski definition) is 3. The number of aliphatic carboxylic acids is 1. The highest BCUT2D eigenvalue weighted by Gasteiger charge is 2.27. The molecule has 0 aliphatic rings. The van der Waals surface area contributed by atoms with E-state index in [2.05, 4.69) is 10.0 Å². The van der Waals surface area contributed by atoms with Crippen LogP contribution in [-0.4, -0.2) is 48.7 Å². The summed E-state index contributed by atoms with van der Waals surface area (Å²) in [6.07, 6.45) is -1.26. The Morgan fingerprint density at radius 2 is 1.89 bits per heavy atom. The lowest BCUT2D eigenvalue weighted by Gasteiger charge is -2.22. The molecule has 1 amide bonds. The van der Waals surface area contributed by atoms with E-state index in [0.29, 0.717) is 0 Å². The molecular formula is C15H21N3O8S. The number of nitro groups is 1. The largest absolute Gasteiger partial charge is 0.480 e. The molecule has 3 N–H and O–H groups in total. The first-order valence-electron chi connectivity index (χ1n) is 7.79. The number of amides is 1. The van der Waals surface area contributed by atoms with Crippen LogP contribution in [0, 0.1) is 10.1 Å². The van der Waals surface area contributed by atoms with Crippen molar-refractivity contribution in [1.29, 1.82) is 0 Å². The molecule has 1 rings (SSSR count). The Hall–Kier alpha value is -2.73. The van der Waals surface area contributed by atoms with Gasteiger partial charge in [-0.05, 0) is 33.3 Å². The van der Waals surface area contributed by atoms with Crippen molar-refractivity contribution < 1.29 is 32.8 Å². The van der Waals surface area contributed by atoms with Crippen molar-refractivity contribution in [3.63, 3.8) is 0 Å². The Morgan fingerprint density at radius 3 is 2.41 bits per heavy atom. The van der Waals surface area contributed by atoms with E-state index < -0.39 is 49.2 Å². The molecule has 0 saturated heterocycles. The zero-order valence-corrected chi connectivity index (χ0v) is 15.8. The predicted molar refractivity (Wildman–Crippen MR) is 93.7 cm³/mol. The third-order valence-corrected chi connectivity index (χ3v) is 4.57. The molecule has 0 spiro atoms. The van der Waals surface area contributed by atoms with Crippen LogP contribution in [0.15, 0.2) is 29.2 Å². The first-order valence-corrected chi connectivity index (χ1v) is 9.27. The molecule has 1 aromatic rings. The summed E-state index contributed by atoms with van der Waals surface area (Å²) in [7, 11) is -4.24. The van der Waals surface area contributed by atoms with Crippen molar-refractivity contribution in [1.82, 2.24) is 10.0 Å². The fourth-order valence-corrected chi connectivity index (χ4v) is 3.18. The molecule has 27 heavy (non-hydrogen) atoms. The van der Waals surface area contributed by atoms with Gasteiger partial charge in [-0.1, -0.05) is 12.1 Å². The van der Waals surface area contributed by atoms with Gasteiger partial charge in [0.05, 0.1) is 4.92 Å². The molecule has 12 heteroatoms. The number of benzene rings is 1. The number of ether oxygens (including phenoxy) is 1. The van der Waals surface area contributed by atoms with Crippen molar-refractivity contribution in [3.8, 4) is 0 Å². The van der Waals surface area contributed by atoms with Gasteiger partial charge in [0.15, 0.2) is 4.90 Å². The number of hydrogen-bond acceptors (Lipinski definition) is 7. The minimum atomic E-state index is -4.24. The molecule has 0 aromatic heterocycles. The molecule has 1 aromatic carbocycles. The lowest BCUT2D eigenvalue weighted by atomic mass is 10.2. The van der Waals surface area contributed by atoms with Crippen molar-refractivity contribution in [2.24, 2.45) is 0 Å². The molecule has 0 saturated carbocycles. The Labute approximate surface area is 155 Å². The van der Waals surface area contributed by atoms with Crippen LogP contribution < -0.4 is 10.0 Å². The summed E-state index contributed by atoms with van der Waals surface area (Å²) in [6, 6.07) is 3.34. The maximum absolute atomic E-state index is 12.2. The number of alkyl carbamates (subject to hydrolysis) is 1. The summed E-state index contributed by atoms with van der Waals surface area (Å²) in [5.74, 6) is -1.38. The topological polar surface area (TPSA) is 165 Å². The average Bonchev–Trinajstić information content (AvgIpc) is 2.51. The highest BCUT2D eigenvalue weighted by atomic mass is 32.2. The van der Waals surface area contributed by atoms with Gasteiger partial charge < -0.3 is 15.2 Å². The number of nitro benzene ring substituents is 1. The van der Waals surface area contributed by atoms with Gasteiger partial charge in [-0.3, -0.25) is 10.1 Å². The maximum Gasteiger partial charge on any atom is 0.408 e. The van der Waals surface area contributed by atoms with E-state index >= 15 is 0 Å². The van der Waals surface area contributed by atoms with Crippen LogP contribution in [0.5, 0.6) is 0 Å². The van der Waals surface area contributed by atoms with Gasteiger partial charge in [0.25, 0.3) is 5.69 Å². The van der Waals surface area contributed by atoms with Gasteiger partial charge in [0.1, 0.15) is 11.6 Å². The third kappa shape index (κ3) is 7.19. The van der Waals surface area contributed by atoms with E-state index in [1.54, 1.807) is 20.8 Å². The number of carboxylic acids is 1. The minimum absolute atomic E-state index is 0.297. The molecule has 1 unspecified atom stereocenters. The predicted octanol–water partition coefficient (Wildman–Crippen LogP) is 1.24. The van der Waals surface area contributed by atoms with Crippen molar-refractivity contribution in [2.75, 3.05) is 6.54 Å². The van der Waals surface area contributed by atoms with Crippen LogP contribution in [0.3, 0.4) is 0 Å². The average molecular weight is 403 g/mol. The van der Waals surface area contributed by atoms with Gasteiger partial charge in [-0.2, -0.15) is 0 Å². The molecule has 11 nitrogen and oxygen atoms in total. The lowest BCUT2D eigenvalue weighted by molar-refractivity contribution is -0.387. The van der Waals surface area contributed by atoms with E-state index in [-0.39, 0.29) is 13.0 Å². The standard InChI is InChI=1S/C15H21N3O8S/c1-15(2,3)26-14(21)17-10(13(19)20)8-9-16-27(24,25)12-7-5-4-6-11(12)18(22)23/h4-7,10,16H,8-9H2,1-3H3,(H,17,21)(H,19,20). The third-order valence-electron chi connectivity index (χ3n) is 3.07. The molecular weight excluding hydrogens is 382 g/mol. The summed E-state index contributed by atoms with van der Waals surface area (Å²) >= 11 is 0. The van der Waals surface area contributed by atoms with Crippen molar-refractivity contribution in [3.05, 3.63) is 34.4 Å². The maximum atomic E-state index is 12.2. The zero-order valence-electron chi connectivity index (χ0n) is 15.0. The Kier molecular flexibility index (Phi) is 7.25. The van der Waals surface area contributed by atoms with Crippen LogP contribution in [0.4, 0.5) is 10.5 Å². The molecule has 0 fully saturated rings. The SMILES string of the molecule is CC(C)(C)OC(=O)NC(CCNS(=O)(=O)c1ccccc1[N+](=O)[O-])C(=O)O. The number of sulfonamides is 1. The highest BCUT2D eigenvalue weighted by Crippen LogP contribution is 2.22. The smallest absolute Gasteiger partial charge is 0.408 e. The fourth-order valence-electron chi connectivity index (χ4n) is 1.96. The fraction of sp³-hybridized carbons (Fsp3) is 0.467. The number of carbonyl (C=O) groups is 2. The van der Waals surface area contributed by atoms with Gasteiger partial charge in [-0.25, -0.2) is 22.7 Å². The summed E-state index contributed by atoms with van der Waals surface area (Å²) in [5, 5.41) is 22.2. The number of carboxylic acid groups (broad SMARTS) is 1. The molecule has 1 atom stereocenters. The van der Waals surface area contributed by atoms with Gasteiger partial charge in [-0.15, -0.1) is 0 Å². The second-order valence-electron chi connectivity index (χ2n) is 6.45. The van der Waals surface area contributed by atoms with Crippen molar-refractivity contribution >= 4 is 27.8 Å². The highest BCUT2D eigenvalue weighted by molar-refractivity contribution is 7.89. The molecule has 0 heterocycles. The second kappa shape index (κ2) is 8.77. The number of carbonyl (C=O) groups excluding carboxylic acids is 1. The van der Waals surface area contributed by atoms with Gasteiger partial charge in [0, 0.05) is 12.6 Å². The summed E-state index contributed by atoms with van der Waals surface area (Å²) in [6.45, 7) is 4.43. The summed E-state index contributed by atoms with van der Waals surface area (Å²) < 4.78 is 31.5. The van der Waals surface area contributed by atoms with Crippen molar-refractivity contribution in [2.45, 2.75) is 43.7 Å². The van der Waals surface area contributed by atoms with E-state index in [1.165, 1.54) is 12.1 Å². The Morgan fingerprint density at radius 1 is 1.30 bits per heavy atom. The number of para-hydroxylation sites is 1. The number of nitrogens with one attached hydrogen (secondary N) is 2. The molecule has 0 bridgehead atoms. The van der Waals surface area contributed by atoms with Gasteiger partial charge in [0.2, 0.25) is 10.0 Å². The molecule has 0 aliphatic heterocycles. The molecule has 150 valence electrons. The normalized spacial score (nSPS) is 12.9. The quantitative estimate of drug-likeness (QED) is 0.431. The first-order chi connectivity index (χ1) is 12.3. The number of nitrogens with zero attached hydrogens (tertiary/aromatic N) is 1. The minimum Gasteiger partial charge on any atom is -0.480 e. The summed E-state index contributed by atoms with van der Waals surface area (Å²) in [5.41, 5.74) is -1.44. The van der Waals surface area contributed by atoms with Crippen LogP contribution in [0.25, 0.3) is 0 Å². The first kappa shape index (κ1) is 22.3. The van der Waals surface area contributed by atoms with Crippen LogP contribution >= 0.6 is 0 Å².